The van der Waals surface area contributed by atoms with Gasteiger partial charge in [-0.15, -0.1) is 0 Å². The molecule has 0 radical (unpaired) electrons. The van der Waals surface area contributed by atoms with Gasteiger partial charge in [0.15, 0.2) is 0 Å². The highest BCUT2D eigenvalue weighted by Crippen LogP contribution is 2.27. The quantitative estimate of drug-likeness (QED) is 0.824. The van der Waals surface area contributed by atoms with Gasteiger partial charge in [-0.3, -0.25) is 0 Å². The standard InChI is InChI=1S/C18H22O4/c1-21-15-7-3-13(4-8-15)17(19)11-12-18(20)14-5-9-16(22-2)10-6-14/h3-10,17-20H,11-12H2,1-2H3/t17-,18+. The number of hydrogen-bond donors (Lipinski definition) is 2. The van der Waals surface area contributed by atoms with Crippen LogP contribution in [0.4, 0.5) is 0 Å². The minimum Gasteiger partial charge on any atom is -0.497 e. The minimum absolute atomic E-state index is 0.486. The highest BCUT2D eigenvalue weighted by Gasteiger charge is 2.13. The van der Waals surface area contributed by atoms with Crippen molar-refractivity contribution in [3.05, 3.63) is 59.7 Å². The molecular weight excluding hydrogens is 280 g/mol. The Bertz CT molecular complexity index is 509. The predicted molar refractivity (Wildman–Crippen MR) is 85.1 cm³/mol. The molecule has 22 heavy (non-hydrogen) atoms. The minimum atomic E-state index is -0.598. The molecule has 0 amide bonds. The first-order valence-electron chi connectivity index (χ1n) is 7.28. The molecule has 0 saturated heterocycles. The third-order valence-electron chi connectivity index (χ3n) is 3.71. The normalized spacial score (nSPS) is 13.5. The van der Waals surface area contributed by atoms with E-state index in [0.29, 0.717) is 12.8 Å². The van der Waals surface area contributed by atoms with Crippen molar-refractivity contribution in [1.82, 2.24) is 0 Å². The molecule has 0 aliphatic carbocycles. The van der Waals surface area contributed by atoms with Crippen molar-refractivity contribution < 1.29 is 19.7 Å². The highest BCUT2D eigenvalue weighted by atomic mass is 16.5. The van der Waals surface area contributed by atoms with Crippen LogP contribution in [0.25, 0.3) is 0 Å². The van der Waals surface area contributed by atoms with Gasteiger partial charge in [0, 0.05) is 0 Å². The number of ether oxygens (including phenoxy) is 2. The van der Waals surface area contributed by atoms with Gasteiger partial charge in [0.2, 0.25) is 0 Å². The number of hydrogen-bond acceptors (Lipinski definition) is 4. The molecule has 0 aromatic heterocycles. The Morgan fingerprint density at radius 3 is 1.27 bits per heavy atom. The maximum absolute atomic E-state index is 10.2. The molecule has 2 N–H and O–H groups in total. The smallest absolute Gasteiger partial charge is 0.118 e. The largest absolute Gasteiger partial charge is 0.497 e. The zero-order chi connectivity index (χ0) is 15.9. The average molecular weight is 302 g/mol. The number of aliphatic hydroxyl groups is 2. The predicted octanol–water partition coefficient (Wildman–Crippen LogP) is 3.25. The summed E-state index contributed by atoms with van der Waals surface area (Å²) >= 11 is 0. The van der Waals surface area contributed by atoms with Crippen LogP contribution in [0.5, 0.6) is 11.5 Å². The van der Waals surface area contributed by atoms with E-state index in [1.165, 1.54) is 0 Å². The molecule has 0 unspecified atom stereocenters. The van der Waals surface area contributed by atoms with Crippen molar-refractivity contribution in [3.63, 3.8) is 0 Å². The summed E-state index contributed by atoms with van der Waals surface area (Å²) < 4.78 is 10.2. The molecule has 0 saturated carbocycles. The molecule has 118 valence electrons. The first kappa shape index (κ1) is 16.3. The second-order valence-electron chi connectivity index (χ2n) is 5.16. The van der Waals surface area contributed by atoms with E-state index in [4.69, 9.17) is 9.47 Å². The second kappa shape index (κ2) is 7.82. The fourth-order valence-electron chi connectivity index (χ4n) is 2.30. The second-order valence-corrected chi connectivity index (χ2v) is 5.16. The van der Waals surface area contributed by atoms with Gasteiger partial charge in [0.1, 0.15) is 11.5 Å². The summed E-state index contributed by atoms with van der Waals surface area (Å²) in [5.74, 6) is 1.52. The SMILES string of the molecule is COc1ccc([C@H](O)CC[C@H](O)c2ccc(OC)cc2)cc1. The molecule has 0 aliphatic rings. The van der Waals surface area contributed by atoms with Crippen LogP contribution >= 0.6 is 0 Å². The Balaban J connectivity index is 1.89. The van der Waals surface area contributed by atoms with Crippen molar-refractivity contribution in [2.24, 2.45) is 0 Å². The lowest BCUT2D eigenvalue weighted by Gasteiger charge is -2.15. The first-order chi connectivity index (χ1) is 10.6. The maximum Gasteiger partial charge on any atom is 0.118 e. The number of rotatable bonds is 7. The molecule has 0 fully saturated rings. The molecule has 0 heterocycles. The molecule has 0 spiro atoms. The van der Waals surface area contributed by atoms with E-state index >= 15 is 0 Å². The zero-order valence-electron chi connectivity index (χ0n) is 12.9. The molecule has 2 atom stereocenters. The van der Waals surface area contributed by atoms with Gasteiger partial charge in [-0.25, -0.2) is 0 Å². The van der Waals surface area contributed by atoms with Gasteiger partial charge < -0.3 is 19.7 Å². The van der Waals surface area contributed by atoms with Crippen molar-refractivity contribution >= 4 is 0 Å². The zero-order valence-corrected chi connectivity index (χ0v) is 12.9. The molecule has 2 rings (SSSR count). The first-order valence-corrected chi connectivity index (χ1v) is 7.28. The van der Waals surface area contributed by atoms with E-state index in [9.17, 15) is 10.2 Å². The van der Waals surface area contributed by atoms with E-state index < -0.39 is 12.2 Å². The van der Waals surface area contributed by atoms with Crippen LogP contribution in [-0.4, -0.2) is 24.4 Å². The van der Waals surface area contributed by atoms with Gasteiger partial charge >= 0.3 is 0 Å². The van der Waals surface area contributed by atoms with Crippen LogP contribution in [0.15, 0.2) is 48.5 Å². The molecular formula is C18H22O4. The van der Waals surface area contributed by atoms with Crippen LogP contribution in [0.2, 0.25) is 0 Å². The fraction of sp³-hybridized carbons (Fsp3) is 0.333. The van der Waals surface area contributed by atoms with E-state index in [0.717, 1.165) is 22.6 Å². The van der Waals surface area contributed by atoms with E-state index in [-0.39, 0.29) is 0 Å². The third kappa shape index (κ3) is 4.23. The molecule has 0 bridgehead atoms. The summed E-state index contributed by atoms with van der Waals surface area (Å²) in [4.78, 5) is 0. The number of benzene rings is 2. The van der Waals surface area contributed by atoms with Gasteiger partial charge in [-0.2, -0.15) is 0 Å². The van der Waals surface area contributed by atoms with Crippen molar-refractivity contribution in [2.75, 3.05) is 14.2 Å². The summed E-state index contributed by atoms with van der Waals surface area (Å²) in [5, 5.41) is 20.4. The third-order valence-corrected chi connectivity index (χ3v) is 3.71. The highest BCUT2D eigenvalue weighted by molar-refractivity contribution is 5.29. The summed E-state index contributed by atoms with van der Waals surface area (Å²) in [7, 11) is 3.22. The Kier molecular flexibility index (Phi) is 5.81. The van der Waals surface area contributed by atoms with Crippen LogP contribution in [0, 0.1) is 0 Å². The van der Waals surface area contributed by atoms with Gasteiger partial charge in [-0.05, 0) is 48.2 Å². The monoisotopic (exact) mass is 302 g/mol. The number of methoxy groups -OCH3 is 2. The molecule has 4 nitrogen and oxygen atoms in total. The lowest BCUT2D eigenvalue weighted by Crippen LogP contribution is -2.03. The molecule has 0 aliphatic heterocycles. The Hall–Kier alpha value is -2.04. The van der Waals surface area contributed by atoms with Crippen molar-refractivity contribution in [2.45, 2.75) is 25.0 Å². The Labute approximate surface area is 130 Å². The van der Waals surface area contributed by atoms with Gasteiger partial charge in [0.25, 0.3) is 0 Å². The summed E-state index contributed by atoms with van der Waals surface area (Å²) in [6.07, 6.45) is -0.225. The average Bonchev–Trinajstić information content (AvgIpc) is 2.59. The Morgan fingerprint density at radius 1 is 0.682 bits per heavy atom. The van der Waals surface area contributed by atoms with E-state index in [1.807, 2.05) is 48.5 Å². The van der Waals surface area contributed by atoms with Crippen LogP contribution < -0.4 is 9.47 Å². The molecule has 2 aromatic rings. The number of aliphatic hydroxyl groups excluding tert-OH is 2. The summed E-state index contributed by atoms with van der Waals surface area (Å²) in [6.45, 7) is 0. The van der Waals surface area contributed by atoms with Crippen LogP contribution in [0.1, 0.15) is 36.2 Å². The molecule has 4 heteroatoms. The van der Waals surface area contributed by atoms with Gasteiger partial charge in [0.05, 0.1) is 26.4 Å². The van der Waals surface area contributed by atoms with Crippen LogP contribution in [-0.2, 0) is 0 Å². The topological polar surface area (TPSA) is 58.9 Å². The lowest BCUT2D eigenvalue weighted by molar-refractivity contribution is 0.115. The Morgan fingerprint density at radius 2 is 1.00 bits per heavy atom. The maximum atomic E-state index is 10.2. The lowest BCUT2D eigenvalue weighted by atomic mass is 9.99. The van der Waals surface area contributed by atoms with E-state index in [2.05, 4.69) is 0 Å². The summed E-state index contributed by atoms with van der Waals surface area (Å²) in [6, 6.07) is 14.6. The van der Waals surface area contributed by atoms with Gasteiger partial charge in [-0.1, -0.05) is 24.3 Å². The van der Waals surface area contributed by atoms with E-state index in [1.54, 1.807) is 14.2 Å². The molecule has 2 aromatic carbocycles. The fourth-order valence-corrected chi connectivity index (χ4v) is 2.30. The van der Waals surface area contributed by atoms with Crippen LogP contribution in [0.3, 0.4) is 0 Å². The van der Waals surface area contributed by atoms with Crippen molar-refractivity contribution in [3.8, 4) is 11.5 Å². The van der Waals surface area contributed by atoms with Crippen molar-refractivity contribution in [1.29, 1.82) is 0 Å². The summed E-state index contributed by atoms with van der Waals surface area (Å²) in [5.41, 5.74) is 1.64.